The van der Waals surface area contributed by atoms with E-state index >= 15 is 0 Å². The van der Waals surface area contributed by atoms with Crippen LogP contribution in [0.2, 0.25) is 0 Å². The molecule has 1 unspecified atom stereocenters. The third kappa shape index (κ3) is 3.85. The van der Waals surface area contributed by atoms with E-state index in [2.05, 4.69) is 0 Å². The molecule has 0 radical (unpaired) electrons. The first-order chi connectivity index (χ1) is 13.7. The van der Waals surface area contributed by atoms with E-state index in [4.69, 9.17) is 0 Å². The summed E-state index contributed by atoms with van der Waals surface area (Å²) in [6.45, 7) is 9.62. The summed E-state index contributed by atoms with van der Waals surface area (Å²) in [6, 6.07) is 9.63. The van der Waals surface area contributed by atoms with Gasteiger partial charge >= 0.3 is 13.3 Å². The average Bonchev–Trinajstić information content (AvgIpc) is 2.66. The zero-order valence-electron chi connectivity index (χ0n) is 18.1. The Hall–Kier alpha value is -2.12. The Morgan fingerprint density at radius 2 is 1.31 bits per heavy atom. The molecule has 1 atom stereocenters. The molecule has 0 amide bonds. The zero-order chi connectivity index (χ0) is 21.3. The van der Waals surface area contributed by atoms with Gasteiger partial charge in [0.2, 0.25) is 10.9 Å². The Kier molecular flexibility index (Phi) is 6.19. The number of Topliss-reactive ketones (excluding diaryl/α,β-unsaturated/α-hetero) is 1. The first-order valence-corrected chi connectivity index (χ1v) is 11.7. The average molecular weight is 409 g/mol. The fraction of sp³-hybridized carbons (Fsp3) is 0.440. The molecule has 3 rings (SSSR count). The number of carbonyl (C=O) groups excluding carboxylic acids is 2. The lowest BCUT2D eigenvalue weighted by Crippen LogP contribution is -2.39. The van der Waals surface area contributed by atoms with E-state index in [1.165, 1.54) is 0 Å². The van der Waals surface area contributed by atoms with Gasteiger partial charge in [0.1, 0.15) is 0 Å². The van der Waals surface area contributed by atoms with Gasteiger partial charge in [0.25, 0.3) is 0 Å². The van der Waals surface area contributed by atoms with Gasteiger partial charge in [-0.25, -0.2) is 4.79 Å². The lowest BCUT2D eigenvalue weighted by molar-refractivity contribution is 0.0902. The third-order valence-corrected chi connectivity index (χ3v) is 8.30. The monoisotopic (exact) mass is 409 g/mol. The number of carbonyl (C=O) groups is 2. The van der Waals surface area contributed by atoms with E-state index in [0.29, 0.717) is 24.0 Å². The van der Waals surface area contributed by atoms with E-state index in [1.54, 1.807) is 0 Å². The van der Waals surface area contributed by atoms with Crippen LogP contribution in [-0.4, -0.2) is 16.5 Å². The van der Waals surface area contributed by atoms with Crippen molar-refractivity contribution < 1.29 is 14.2 Å². The van der Waals surface area contributed by atoms with Crippen molar-refractivity contribution in [1.29, 1.82) is 0 Å². The van der Waals surface area contributed by atoms with Gasteiger partial charge in [0, 0.05) is 18.4 Å². The molecular formula is C25H30O3P+. The molecule has 0 spiro atoms. The van der Waals surface area contributed by atoms with Crippen molar-refractivity contribution in [1.82, 2.24) is 0 Å². The van der Waals surface area contributed by atoms with Gasteiger partial charge in [0.05, 0.1) is 5.56 Å². The maximum atomic E-state index is 13.9. The molecule has 2 aromatic rings. The van der Waals surface area contributed by atoms with Crippen LogP contribution in [0.4, 0.5) is 0 Å². The van der Waals surface area contributed by atoms with Crippen LogP contribution in [0.5, 0.6) is 0 Å². The molecule has 1 aliphatic rings. The summed E-state index contributed by atoms with van der Waals surface area (Å²) in [6.07, 6.45) is 3.71. The Bertz CT molecular complexity index is 954. The van der Waals surface area contributed by atoms with Crippen molar-refractivity contribution in [3.63, 3.8) is 0 Å². The van der Waals surface area contributed by atoms with E-state index in [0.717, 1.165) is 47.1 Å². The molecule has 0 heterocycles. The number of hydrogen-bond donors (Lipinski definition) is 0. The van der Waals surface area contributed by atoms with Crippen LogP contribution < -0.4 is 0 Å². The van der Waals surface area contributed by atoms with Crippen molar-refractivity contribution in [2.24, 2.45) is 0 Å². The smallest absolute Gasteiger partial charge is 0.289 e. The Balaban J connectivity index is 2.11. The fourth-order valence-corrected chi connectivity index (χ4v) is 6.84. The Labute approximate surface area is 174 Å². The first-order valence-electron chi connectivity index (χ1n) is 10.4. The van der Waals surface area contributed by atoms with Crippen molar-refractivity contribution in [3.8, 4) is 0 Å². The highest BCUT2D eigenvalue weighted by Gasteiger charge is 2.60. The molecule has 4 heteroatoms. The number of aryl methyl sites for hydroxylation is 5. The molecule has 0 aliphatic heterocycles. The van der Waals surface area contributed by atoms with Gasteiger partial charge in [-0.1, -0.05) is 46.9 Å². The second kappa shape index (κ2) is 8.32. The van der Waals surface area contributed by atoms with E-state index in [1.807, 2.05) is 65.0 Å². The highest BCUT2D eigenvalue weighted by atomic mass is 31.1. The molecule has 1 saturated carbocycles. The first kappa shape index (κ1) is 21.6. The molecule has 0 saturated heterocycles. The summed E-state index contributed by atoms with van der Waals surface area (Å²) in [4.78, 5) is 27.3. The minimum absolute atomic E-state index is 0.104. The predicted molar refractivity (Wildman–Crippen MR) is 119 cm³/mol. The van der Waals surface area contributed by atoms with Crippen LogP contribution in [0.1, 0.15) is 80.6 Å². The number of rotatable bonds is 5. The maximum absolute atomic E-state index is 13.9. The second-order valence-electron chi connectivity index (χ2n) is 8.56. The second-order valence-corrected chi connectivity index (χ2v) is 10.4. The highest BCUT2D eigenvalue weighted by Crippen LogP contribution is 2.53. The molecule has 152 valence electrons. The quantitative estimate of drug-likeness (QED) is 0.404. The van der Waals surface area contributed by atoms with Crippen molar-refractivity contribution in [3.05, 3.63) is 69.3 Å². The van der Waals surface area contributed by atoms with Crippen LogP contribution in [0.3, 0.4) is 0 Å². The lowest BCUT2D eigenvalue weighted by atomic mass is 9.80. The Morgan fingerprint density at radius 1 is 0.793 bits per heavy atom. The van der Waals surface area contributed by atoms with Gasteiger partial charge in [-0.2, -0.15) is 0 Å². The zero-order valence-corrected chi connectivity index (χ0v) is 19.0. The SMILES string of the molecule is Cc1cc(C)c(C(=O)C2([P+](=O)C(=O)c3c(C)cccc3C)CCCCC2)c(C)c1. The van der Waals surface area contributed by atoms with Crippen molar-refractivity contribution >= 4 is 19.1 Å². The predicted octanol–water partition coefficient (Wildman–Crippen LogP) is 6.78. The molecule has 2 aromatic carbocycles. The van der Waals surface area contributed by atoms with E-state index in [9.17, 15) is 14.2 Å². The van der Waals surface area contributed by atoms with Crippen LogP contribution in [0, 0.1) is 34.6 Å². The minimum Gasteiger partial charge on any atom is -0.289 e. The summed E-state index contributed by atoms with van der Waals surface area (Å²) >= 11 is 0. The van der Waals surface area contributed by atoms with Crippen LogP contribution in [0.15, 0.2) is 30.3 Å². The molecule has 3 nitrogen and oxygen atoms in total. The van der Waals surface area contributed by atoms with Gasteiger partial charge in [-0.05, 0) is 69.7 Å². The van der Waals surface area contributed by atoms with Gasteiger partial charge in [0.15, 0.2) is 0 Å². The topological polar surface area (TPSA) is 51.2 Å². The fourth-order valence-electron chi connectivity index (χ4n) is 4.88. The minimum atomic E-state index is -2.39. The summed E-state index contributed by atoms with van der Waals surface area (Å²) in [5.41, 5.74) is 5.34. The maximum Gasteiger partial charge on any atom is 0.434 e. The summed E-state index contributed by atoms with van der Waals surface area (Å²) in [5, 5.41) is -1.09. The Morgan fingerprint density at radius 3 is 1.83 bits per heavy atom. The summed E-state index contributed by atoms with van der Waals surface area (Å²) in [5.74, 6) is -0.104. The largest absolute Gasteiger partial charge is 0.434 e. The normalized spacial score (nSPS) is 16.4. The van der Waals surface area contributed by atoms with Crippen molar-refractivity contribution in [2.45, 2.75) is 71.9 Å². The molecule has 0 N–H and O–H groups in total. The molecule has 0 bridgehead atoms. The van der Waals surface area contributed by atoms with Gasteiger partial charge in [-0.3, -0.25) is 4.79 Å². The third-order valence-electron chi connectivity index (χ3n) is 6.28. The van der Waals surface area contributed by atoms with Crippen LogP contribution >= 0.6 is 7.80 Å². The summed E-state index contributed by atoms with van der Waals surface area (Å²) in [7, 11) is -2.39. The lowest BCUT2D eigenvalue weighted by Gasteiger charge is -2.27. The number of ketones is 1. The van der Waals surface area contributed by atoms with Crippen LogP contribution in [-0.2, 0) is 4.57 Å². The molecule has 29 heavy (non-hydrogen) atoms. The van der Waals surface area contributed by atoms with Gasteiger partial charge in [-0.15, -0.1) is 0 Å². The standard InChI is InChI=1S/C25H30O3P/c1-16-14-19(4)21(20(5)15-16)23(26)25(12-7-6-8-13-25)29(28)24(27)22-17(2)10-9-11-18(22)3/h9-11,14-15H,6-8,12-13H2,1-5H3/q+1. The van der Waals surface area contributed by atoms with Gasteiger partial charge < -0.3 is 0 Å². The van der Waals surface area contributed by atoms with Crippen molar-refractivity contribution in [2.75, 3.05) is 0 Å². The highest BCUT2D eigenvalue weighted by molar-refractivity contribution is 7.67. The van der Waals surface area contributed by atoms with E-state index in [-0.39, 0.29) is 11.3 Å². The molecular weight excluding hydrogens is 379 g/mol. The molecule has 0 aromatic heterocycles. The number of hydrogen-bond acceptors (Lipinski definition) is 3. The summed E-state index contributed by atoms with van der Waals surface area (Å²) < 4.78 is 13.8. The number of benzene rings is 2. The van der Waals surface area contributed by atoms with E-state index < -0.39 is 13.0 Å². The molecule has 1 aliphatic carbocycles. The molecule has 1 fully saturated rings. The van der Waals surface area contributed by atoms with Crippen LogP contribution in [0.25, 0.3) is 0 Å².